The molecular weight excluding hydrogens is 270 g/mol. The average molecular weight is 286 g/mol. The predicted octanol–water partition coefficient (Wildman–Crippen LogP) is 2.58. The molecule has 104 valence electrons. The van der Waals surface area contributed by atoms with Crippen molar-refractivity contribution in [1.82, 2.24) is 5.32 Å². The normalized spacial score (nSPS) is 21.8. The largest absolute Gasteiger partial charge is 0.465 e. The summed E-state index contributed by atoms with van der Waals surface area (Å²) in [5, 5.41) is 12.0. The van der Waals surface area contributed by atoms with Crippen LogP contribution in [-0.4, -0.2) is 31.1 Å². The lowest BCUT2D eigenvalue weighted by Crippen LogP contribution is -2.42. The number of fused-ring (bicyclic) bond motifs is 1. The maximum atomic E-state index is 10.9. The van der Waals surface area contributed by atoms with Gasteiger partial charge in [-0.25, -0.2) is 4.79 Å². The smallest absolute Gasteiger partial charge is 0.404 e. The molecule has 19 heavy (non-hydrogen) atoms. The first-order chi connectivity index (χ1) is 9.13. The van der Waals surface area contributed by atoms with Crippen molar-refractivity contribution < 1.29 is 19.4 Å². The highest BCUT2D eigenvalue weighted by molar-refractivity contribution is 6.31. The van der Waals surface area contributed by atoms with Crippen LogP contribution in [0.15, 0.2) is 18.2 Å². The predicted molar refractivity (Wildman–Crippen MR) is 70.4 cm³/mol. The highest BCUT2D eigenvalue weighted by atomic mass is 35.5. The van der Waals surface area contributed by atoms with Gasteiger partial charge in [-0.1, -0.05) is 23.7 Å². The second-order valence-electron chi connectivity index (χ2n) is 4.40. The summed E-state index contributed by atoms with van der Waals surface area (Å²) >= 11 is 6.22. The van der Waals surface area contributed by atoms with Crippen molar-refractivity contribution in [2.45, 2.75) is 25.0 Å². The number of nitrogens with one attached hydrogen (secondary N) is 1. The molecule has 1 aromatic carbocycles. The van der Waals surface area contributed by atoms with Gasteiger partial charge in [0.25, 0.3) is 0 Å². The van der Waals surface area contributed by atoms with Crippen molar-refractivity contribution in [3.8, 4) is 0 Å². The number of hydrogen-bond acceptors (Lipinski definition) is 3. The van der Waals surface area contributed by atoms with E-state index < -0.39 is 12.2 Å². The van der Waals surface area contributed by atoms with E-state index in [0.29, 0.717) is 11.4 Å². The molecule has 2 N–H and O–H groups in total. The van der Waals surface area contributed by atoms with Crippen LogP contribution < -0.4 is 5.32 Å². The molecule has 0 radical (unpaired) electrons. The van der Waals surface area contributed by atoms with Gasteiger partial charge >= 0.3 is 6.09 Å². The van der Waals surface area contributed by atoms with Crippen LogP contribution >= 0.6 is 11.6 Å². The Morgan fingerprint density at radius 2 is 2.37 bits per heavy atom. The Morgan fingerprint density at radius 1 is 1.58 bits per heavy atom. The van der Waals surface area contributed by atoms with Crippen molar-refractivity contribution in [3.63, 3.8) is 0 Å². The van der Waals surface area contributed by atoms with E-state index in [1.807, 2.05) is 12.1 Å². The number of benzene rings is 1. The van der Waals surface area contributed by atoms with Gasteiger partial charge in [-0.2, -0.15) is 0 Å². The lowest BCUT2D eigenvalue weighted by atomic mass is 9.85. The molecule has 2 rings (SSSR count). The summed E-state index contributed by atoms with van der Waals surface area (Å²) in [4.78, 5) is 10.9. The third-order valence-electron chi connectivity index (χ3n) is 3.19. The van der Waals surface area contributed by atoms with Crippen molar-refractivity contribution >= 4 is 17.7 Å². The van der Waals surface area contributed by atoms with E-state index in [9.17, 15) is 4.79 Å². The van der Waals surface area contributed by atoms with Crippen LogP contribution in [-0.2, 0) is 15.9 Å². The summed E-state index contributed by atoms with van der Waals surface area (Å²) in [7, 11) is 1.52. The lowest BCUT2D eigenvalue weighted by molar-refractivity contribution is -0.0877. The quantitative estimate of drug-likeness (QED) is 0.835. The Balaban J connectivity index is 2.30. The van der Waals surface area contributed by atoms with E-state index in [0.717, 1.165) is 17.5 Å². The van der Waals surface area contributed by atoms with Gasteiger partial charge < -0.3 is 19.9 Å². The zero-order valence-corrected chi connectivity index (χ0v) is 11.3. The molecule has 0 spiro atoms. The number of aryl methyl sites for hydroxylation is 1. The summed E-state index contributed by atoms with van der Waals surface area (Å²) in [5.41, 5.74) is 1.95. The molecule has 1 aliphatic carbocycles. The van der Waals surface area contributed by atoms with Crippen molar-refractivity contribution in [2.24, 2.45) is 0 Å². The van der Waals surface area contributed by atoms with Crippen LogP contribution in [0.25, 0.3) is 0 Å². The van der Waals surface area contributed by atoms with E-state index in [1.54, 1.807) is 6.07 Å². The molecule has 2 atom stereocenters. The first-order valence-electron chi connectivity index (χ1n) is 6.00. The van der Waals surface area contributed by atoms with Gasteiger partial charge in [0.2, 0.25) is 0 Å². The molecule has 1 amide bonds. The van der Waals surface area contributed by atoms with Crippen LogP contribution in [0.4, 0.5) is 4.79 Å². The van der Waals surface area contributed by atoms with Gasteiger partial charge in [0, 0.05) is 17.7 Å². The van der Waals surface area contributed by atoms with Crippen molar-refractivity contribution in [1.29, 1.82) is 0 Å². The summed E-state index contributed by atoms with van der Waals surface area (Å²) in [6, 6.07) is 5.34. The van der Waals surface area contributed by atoms with Gasteiger partial charge in [0.15, 0.2) is 0 Å². The fraction of sp³-hybridized carbons (Fsp3) is 0.462. The highest BCUT2D eigenvalue weighted by Crippen LogP contribution is 2.37. The third-order valence-corrected chi connectivity index (χ3v) is 3.52. The van der Waals surface area contributed by atoms with Gasteiger partial charge in [0.05, 0.1) is 6.04 Å². The first kappa shape index (κ1) is 14.1. The minimum absolute atomic E-state index is 0.0904. The fourth-order valence-electron chi connectivity index (χ4n) is 2.43. The maximum Gasteiger partial charge on any atom is 0.404 e. The summed E-state index contributed by atoms with van der Waals surface area (Å²) in [6.45, 7) is 0.0904. The highest BCUT2D eigenvalue weighted by Gasteiger charge is 2.33. The average Bonchev–Trinajstić information content (AvgIpc) is 2.37. The van der Waals surface area contributed by atoms with E-state index in [1.165, 1.54) is 7.11 Å². The van der Waals surface area contributed by atoms with Crippen molar-refractivity contribution in [3.05, 3.63) is 34.3 Å². The minimum atomic E-state index is -1.06. The van der Waals surface area contributed by atoms with Crippen LogP contribution in [0.2, 0.25) is 5.02 Å². The van der Waals surface area contributed by atoms with E-state index in [2.05, 4.69) is 5.32 Å². The SMILES string of the molecule is COCO[C@@H]1c2c(Cl)cccc2CC[C@H]1NC(=O)O. The van der Waals surface area contributed by atoms with E-state index in [-0.39, 0.29) is 12.8 Å². The molecular formula is C13H16ClNO4. The zero-order chi connectivity index (χ0) is 13.8. The van der Waals surface area contributed by atoms with Crippen LogP contribution in [0.1, 0.15) is 23.7 Å². The fourth-order valence-corrected chi connectivity index (χ4v) is 2.73. The molecule has 0 bridgehead atoms. The number of ether oxygens (including phenoxy) is 2. The summed E-state index contributed by atoms with van der Waals surface area (Å²) in [6.07, 6.45) is -0.0400. The van der Waals surface area contributed by atoms with Gasteiger partial charge in [-0.15, -0.1) is 0 Å². The Hall–Kier alpha value is -1.30. The molecule has 0 unspecified atom stereocenters. The van der Waals surface area contributed by atoms with Crippen LogP contribution in [0.5, 0.6) is 0 Å². The maximum absolute atomic E-state index is 10.9. The van der Waals surface area contributed by atoms with Gasteiger partial charge in [0.1, 0.15) is 12.9 Å². The van der Waals surface area contributed by atoms with E-state index in [4.69, 9.17) is 26.2 Å². The molecule has 5 nitrogen and oxygen atoms in total. The van der Waals surface area contributed by atoms with Crippen LogP contribution in [0, 0.1) is 0 Å². The molecule has 1 aliphatic rings. The molecule has 1 aromatic rings. The standard InChI is InChI=1S/C13H16ClNO4/c1-18-7-19-12-10(15-13(16)17)6-5-8-3-2-4-9(14)11(8)12/h2-4,10,12,15H,5-7H2,1H3,(H,16,17)/t10-,12+/m1/s1. The Morgan fingerprint density at radius 3 is 3.05 bits per heavy atom. The Bertz CT molecular complexity index is 466. The minimum Gasteiger partial charge on any atom is -0.465 e. The van der Waals surface area contributed by atoms with Crippen molar-refractivity contribution in [2.75, 3.05) is 13.9 Å². The zero-order valence-electron chi connectivity index (χ0n) is 10.6. The number of halogens is 1. The monoisotopic (exact) mass is 285 g/mol. The van der Waals surface area contributed by atoms with Crippen LogP contribution in [0.3, 0.4) is 0 Å². The number of amides is 1. The topological polar surface area (TPSA) is 67.8 Å². The number of carboxylic acid groups (broad SMARTS) is 1. The number of methoxy groups -OCH3 is 1. The number of hydrogen-bond donors (Lipinski definition) is 2. The molecule has 0 heterocycles. The molecule has 6 heteroatoms. The number of carbonyl (C=O) groups is 1. The molecule has 0 fully saturated rings. The lowest BCUT2D eigenvalue weighted by Gasteiger charge is -2.33. The van der Waals surface area contributed by atoms with Gasteiger partial charge in [-0.3, -0.25) is 0 Å². The molecule has 0 saturated heterocycles. The molecule has 0 saturated carbocycles. The van der Waals surface area contributed by atoms with Gasteiger partial charge in [-0.05, 0) is 24.5 Å². The molecule has 0 aliphatic heterocycles. The number of rotatable bonds is 4. The summed E-state index contributed by atoms with van der Waals surface area (Å²) in [5.74, 6) is 0. The first-order valence-corrected chi connectivity index (χ1v) is 6.38. The van der Waals surface area contributed by atoms with E-state index >= 15 is 0 Å². The second kappa shape index (κ2) is 6.23. The Kier molecular flexibility index (Phi) is 4.63. The Labute approximate surface area is 116 Å². The second-order valence-corrected chi connectivity index (χ2v) is 4.81. The summed E-state index contributed by atoms with van der Waals surface area (Å²) < 4.78 is 10.5. The third kappa shape index (κ3) is 3.18. The molecule has 0 aromatic heterocycles.